The van der Waals surface area contributed by atoms with Crippen LogP contribution in [-0.4, -0.2) is 15.0 Å². The molecule has 3 aromatic heterocycles. The van der Waals surface area contributed by atoms with Crippen molar-refractivity contribution in [3.63, 3.8) is 0 Å². The average Bonchev–Trinajstić information content (AvgIpc) is 3.85. The summed E-state index contributed by atoms with van der Waals surface area (Å²) in [4.78, 5) is 15.5. The smallest absolute Gasteiger partial charge is 0.164 e. The van der Waals surface area contributed by atoms with Gasteiger partial charge in [-0.05, 0) is 85.4 Å². The first kappa shape index (κ1) is 32.5. The maximum absolute atomic E-state index is 5.26. The average molecular weight is 762 g/mol. The van der Waals surface area contributed by atoms with Gasteiger partial charge in [0.25, 0.3) is 0 Å². The number of thiophene rings is 2. The SMILES string of the molecule is c1ccc(-c2nc(Cc3cccc4sc5ccc(-c6ccc7c8ccccc8c8ccccc8c7c6)cc5c34)nc(-c3cccc4sc5ccccc5c34)n2)cc1. The van der Waals surface area contributed by atoms with Crippen molar-refractivity contribution in [3.8, 4) is 33.9 Å². The van der Waals surface area contributed by atoms with Gasteiger partial charge in [0.1, 0.15) is 5.82 Å². The number of rotatable bonds is 5. The van der Waals surface area contributed by atoms with Gasteiger partial charge in [0.15, 0.2) is 11.6 Å². The second-order valence-electron chi connectivity index (χ2n) is 14.7. The molecule has 0 radical (unpaired) electrons. The number of benzene rings is 9. The van der Waals surface area contributed by atoms with E-state index in [0.717, 1.165) is 17.0 Å². The van der Waals surface area contributed by atoms with Gasteiger partial charge in [0.05, 0.1) is 0 Å². The number of nitrogens with zero attached hydrogens (tertiary/aromatic N) is 3. The van der Waals surface area contributed by atoms with E-state index in [-0.39, 0.29) is 0 Å². The molecule has 0 fully saturated rings. The van der Waals surface area contributed by atoms with Crippen molar-refractivity contribution in [3.05, 3.63) is 187 Å². The summed E-state index contributed by atoms with van der Waals surface area (Å²) < 4.78 is 5.03. The topological polar surface area (TPSA) is 38.7 Å². The van der Waals surface area contributed by atoms with Crippen LogP contribution in [0.2, 0.25) is 0 Å². The maximum Gasteiger partial charge on any atom is 0.164 e. The molecule has 3 nitrogen and oxygen atoms in total. The Bertz CT molecular complexity index is 3530. The number of hydrogen-bond donors (Lipinski definition) is 0. The summed E-state index contributed by atoms with van der Waals surface area (Å²) in [5.74, 6) is 2.15. The molecule has 12 aromatic rings. The van der Waals surface area contributed by atoms with Crippen molar-refractivity contribution in [2.75, 3.05) is 0 Å². The Morgan fingerprint density at radius 1 is 0.333 bits per heavy atom. The zero-order chi connectivity index (χ0) is 37.5. The maximum atomic E-state index is 5.26. The van der Waals surface area contributed by atoms with Crippen molar-refractivity contribution in [2.45, 2.75) is 6.42 Å². The molecular formula is C52H31N3S2. The molecule has 0 N–H and O–H groups in total. The molecule has 0 atom stereocenters. The lowest BCUT2D eigenvalue weighted by atomic mass is 9.92. The number of aromatic nitrogens is 3. The molecule has 0 bridgehead atoms. The molecule has 0 saturated heterocycles. The quantitative estimate of drug-likeness (QED) is 0.164. The van der Waals surface area contributed by atoms with Crippen molar-refractivity contribution >= 4 is 95.3 Å². The highest BCUT2D eigenvalue weighted by Gasteiger charge is 2.18. The Morgan fingerprint density at radius 3 is 1.63 bits per heavy atom. The summed E-state index contributed by atoms with van der Waals surface area (Å²) in [5, 5.41) is 12.7. The predicted molar refractivity (Wildman–Crippen MR) is 244 cm³/mol. The minimum Gasteiger partial charge on any atom is -0.213 e. The summed E-state index contributed by atoms with van der Waals surface area (Å²) in [7, 11) is 0. The van der Waals surface area contributed by atoms with Gasteiger partial charge in [-0.15, -0.1) is 22.7 Å². The van der Waals surface area contributed by atoms with Gasteiger partial charge in [0, 0.05) is 57.9 Å². The standard InChI is InChI=1S/C52H31N3S2/c1-2-12-31(13-3-1)51-53-48(54-52(55-51)41-20-11-23-47-50(41)40-19-8-9-21-44(40)56-47)30-34-14-10-22-46-49(34)43-29-33(25-27-45(43)57-46)32-24-26-39-37-17-5-4-15-35(37)36-16-6-7-18-38(36)42(39)28-32/h1-29H,30H2. The van der Waals surface area contributed by atoms with E-state index < -0.39 is 0 Å². The molecule has 0 amide bonds. The van der Waals surface area contributed by atoms with Crippen LogP contribution in [0.5, 0.6) is 0 Å². The van der Waals surface area contributed by atoms with E-state index in [1.54, 1.807) is 0 Å². The fraction of sp³-hybridized carbons (Fsp3) is 0.0192. The van der Waals surface area contributed by atoms with E-state index >= 15 is 0 Å². The van der Waals surface area contributed by atoms with Crippen LogP contribution in [0.15, 0.2) is 176 Å². The number of hydrogen-bond acceptors (Lipinski definition) is 5. The number of fused-ring (bicyclic) bond motifs is 12. The lowest BCUT2D eigenvalue weighted by Gasteiger charge is -2.12. The minimum atomic E-state index is 0.582. The summed E-state index contributed by atoms with van der Waals surface area (Å²) in [5.41, 5.74) is 5.64. The highest BCUT2D eigenvalue weighted by Crippen LogP contribution is 2.42. The first-order valence-electron chi connectivity index (χ1n) is 19.2. The fourth-order valence-corrected chi connectivity index (χ4v) is 11.0. The van der Waals surface area contributed by atoms with E-state index in [1.165, 1.54) is 89.4 Å². The van der Waals surface area contributed by atoms with Crippen LogP contribution in [-0.2, 0) is 6.42 Å². The molecule has 0 aliphatic rings. The Hall–Kier alpha value is -6.79. The second kappa shape index (κ2) is 12.9. The van der Waals surface area contributed by atoms with Crippen molar-refractivity contribution < 1.29 is 0 Å². The summed E-state index contributed by atoms with van der Waals surface area (Å²) in [6.07, 6.45) is 0.582. The molecule has 266 valence electrons. The molecule has 0 aliphatic carbocycles. The Balaban J connectivity index is 1.01. The van der Waals surface area contributed by atoms with E-state index in [0.29, 0.717) is 18.1 Å². The molecule has 0 aliphatic heterocycles. The van der Waals surface area contributed by atoms with Crippen molar-refractivity contribution in [1.29, 1.82) is 0 Å². The van der Waals surface area contributed by atoms with E-state index in [1.807, 2.05) is 40.9 Å². The molecule has 0 spiro atoms. The van der Waals surface area contributed by atoms with Crippen LogP contribution < -0.4 is 0 Å². The Kier molecular flexibility index (Phi) is 7.34. The zero-order valence-electron chi connectivity index (χ0n) is 30.6. The third kappa shape index (κ3) is 5.27. The van der Waals surface area contributed by atoms with E-state index in [2.05, 4.69) is 158 Å². The first-order valence-corrected chi connectivity index (χ1v) is 20.9. The second-order valence-corrected chi connectivity index (χ2v) is 16.8. The lowest BCUT2D eigenvalue weighted by molar-refractivity contribution is 0.938. The van der Waals surface area contributed by atoms with Crippen LogP contribution in [0.4, 0.5) is 0 Å². The molecule has 0 saturated carbocycles. The largest absolute Gasteiger partial charge is 0.213 e. The molecule has 5 heteroatoms. The molecule has 9 aromatic carbocycles. The van der Waals surface area contributed by atoms with Crippen molar-refractivity contribution in [2.24, 2.45) is 0 Å². The highest BCUT2D eigenvalue weighted by atomic mass is 32.1. The molecule has 0 unspecified atom stereocenters. The van der Waals surface area contributed by atoms with Gasteiger partial charge >= 0.3 is 0 Å². The zero-order valence-corrected chi connectivity index (χ0v) is 32.2. The molecule has 12 rings (SSSR count). The van der Waals surface area contributed by atoms with Crippen LogP contribution in [0.1, 0.15) is 11.4 Å². The van der Waals surface area contributed by atoms with Gasteiger partial charge in [0.2, 0.25) is 0 Å². The molecule has 3 heterocycles. The fourth-order valence-electron chi connectivity index (χ4n) is 8.78. The van der Waals surface area contributed by atoms with E-state index in [4.69, 9.17) is 15.0 Å². The van der Waals surface area contributed by atoms with E-state index in [9.17, 15) is 0 Å². The third-order valence-corrected chi connectivity index (χ3v) is 13.6. The molecular weight excluding hydrogens is 731 g/mol. The van der Waals surface area contributed by atoms with Crippen LogP contribution in [0.25, 0.3) is 107 Å². The normalized spacial score (nSPS) is 11.9. The highest BCUT2D eigenvalue weighted by molar-refractivity contribution is 7.26. The summed E-state index contributed by atoms with van der Waals surface area (Å²) >= 11 is 3.66. The monoisotopic (exact) mass is 761 g/mol. The van der Waals surface area contributed by atoms with Crippen LogP contribution in [0.3, 0.4) is 0 Å². The Labute approximate surface area is 336 Å². The van der Waals surface area contributed by atoms with Crippen LogP contribution >= 0.6 is 22.7 Å². The minimum absolute atomic E-state index is 0.582. The third-order valence-electron chi connectivity index (χ3n) is 11.4. The van der Waals surface area contributed by atoms with Gasteiger partial charge in [-0.1, -0.05) is 140 Å². The lowest BCUT2D eigenvalue weighted by Crippen LogP contribution is -2.04. The first-order chi connectivity index (χ1) is 28.2. The summed E-state index contributed by atoms with van der Waals surface area (Å²) in [6, 6.07) is 63.5. The van der Waals surface area contributed by atoms with Gasteiger partial charge in [-0.2, -0.15) is 0 Å². The predicted octanol–water partition coefficient (Wildman–Crippen LogP) is 14.7. The summed E-state index contributed by atoms with van der Waals surface area (Å²) in [6.45, 7) is 0. The van der Waals surface area contributed by atoms with Crippen molar-refractivity contribution in [1.82, 2.24) is 15.0 Å². The molecule has 57 heavy (non-hydrogen) atoms. The van der Waals surface area contributed by atoms with Gasteiger partial charge in [-0.25, -0.2) is 15.0 Å². The van der Waals surface area contributed by atoms with Crippen LogP contribution in [0, 0.1) is 0 Å². The Morgan fingerprint density at radius 2 is 0.877 bits per heavy atom. The van der Waals surface area contributed by atoms with Gasteiger partial charge < -0.3 is 0 Å². The van der Waals surface area contributed by atoms with Gasteiger partial charge in [-0.3, -0.25) is 0 Å².